The van der Waals surface area contributed by atoms with Gasteiger partial charge in [-0.25, -0.2) is 15.0 Å². The summed E-state index contributed by atoms with van der Waals surface area (Å²) in [6, 6.07) is -0.724. The van der Waals surface area contributed by atoms with E-state index in [4.69, 9.17) is 4.74 Å². The number of thiazole rings is 1. The van der Waals surface area contributed by atoms with Gasteiger partial charge in [-0.3, -0.25) is 19.2 Å². The van der Waals surface area contributed by atoms with Gasteiger partial charge in [0, 0.05) is 62.6 Å². The number of nitrogens with zero attached hydrogens (tertiary/aromatic N) is 4. The molecule has 11 nitrogen and oxygen atoms in total. The summed E-state index contributed by atoms with van der Waals surface area (Å²) >= 11 is 1.20. The van der Waals surface area contributed by atoms with Crippen molar-refractivity contribution in [3.05, 3.63) is 39.9 Å². The van der Waals surface area contributed by atoms with Gasteiger partial charge in [0.1, 0.15) is 16.5 Å². The number of aromatic nitrogens is 3. The van der Waals surface area contributed by atoms with E-state index in [9.17, 15) is 24.3 Å². The summed E-state index contributed by atoms with van der Waals surface area (Å²) in [4.78, 5) is 64.3. The van der Waals surface area contributed by atoms with Crippen LogP contribution in [0, 0.1) is 24.7 Å². The molecule has 1 saturated carbocycles. The van der Waals surface area contributed by atoms with Crippen LogP contribution in [0.3, 0.4) is 0 Å². The summed E-state index contributed by atoms with van der Waals surface area (Å²) in [7, 11) is 1.78. The molecular formula is C28H39N5O6S. The third-order valence-electron chi connectivity index (χ3n) is 6.99. The molecule has 0 spiro atoms. The molecule has 2 amide bonds. The molecule has 0 bridgehead atoms. The van der Waals surface area contributed by atoms with Crippen LogP contribution in [0.5, 0.6) is 0 Å². The number of ether oxygens (including phenoxy) is 1. The van der Waals surface area contributed by atoms with Crippen molar-refractivity contribution in [1.82, 2.24) is 25.2 Å². The summed E-state index contributed by atoms with van der Waals surface area (Å²) in [6.45, 7) is 8.80. The molecule has 0 aromatic carbocycles. The Hall–Kier alpha value is -3.41. The van der Waals surface area contributed by atoms with E-state index in [0.717, 1.165) is 18.4 Å². The van der Waals surface area contributed by atoms with Crippen LogP contribution in [0.1, 0.15) is 86.4 Å². The fourth-order valence-electron chi connectivity index (χ4n) is 4.54. The number of aliphatic carboxylic acids is 1. The van der Waals surface area contributed by atoms with Gasteiger partial charge in [-0.15, -0.1) is 11.3 Å². The van der Waals surface area contributed by atoms with E-state index in [0.29, 0.717) is 17.3 Å². The topological polar surface area (TPSA) is 152 Å². The Labute approximate surface area is 238 Å². The zero-order chi connectivity index (χ0) is 29.6. The summed E-state index contributed by atoms with van der Waals surface area (Å²) in [5.41, 5.74) is 1.03. The fraction of sp³-hybridized carbons (Fsp3) is 0.607. The SMILES string of the molecule is CC(=O)O[C@H](CC(C(C)C)N(C)C(=O)C1CC1)c1nc(C(=O)N[C@@H](Cc2ncc(C)cn2)C[C@H](C)C(=O)O)cs1. The van der Waals surface area contributed by atoms with E-state index in [2.05, 4.69) is 20.3 Å². The lowest BCUT2D eigenvalue weighted by Crippen LogP contribution is -2.42. The average Bonchev–Trinajstić information content (AvgIpc) is 3.62. The molecule has 1 fully saturated rings. The quantitative estimate of drug-likeness (QED) is 0.323. The predicted octanol–water partition coefficient (Wildman–Crippen LogP) is 3.58. The molecule has 1 aliphatic carbocycles. The zero-order valence-corrected chi connectivity index (χ0v) is 24.7. The molecule has 4 atom stereocenters. The molecule has 2 aromatic heterocycles. The van der Waals surface area contributed by atoms with E-state index in [-0.39, 0.29) is 42.3 Å². The standard InChI is InChI=1S/C28H39N5O6S/c1-15(2)22(33(6)27(36)19-7-8-19)11-23(39-18(5)34)26-32-21(14-40-26)25(35)31-20(9-17(4)28(37)38)10-24-29-12-16(3)13-30-24/h12-15,17,19-20,22-23H,7-11H2,1-6H3,(H,31,35)(H,37,38)/t17-,20+,22?,23+/m0/s1. The van der Waals surface area contributed by atoms with Crippen molar-refractivity contribution in [1.29, 1.82) is 0 Å². The second-order valence-corrected chi connectivity index (χ2v) is 11.9. The maximum Gasteiger partial charge on any atom is 0.306 e. The molecular weight excluding hydrogens is 534 g/mol. The number of carboxylic acid groups (broad SMARTS) is 1. The van der Waals surface area contributed by atoms with Crippen LogP contribution in [-0.2, 0) is 25.5 Å². The van der Waals surface area contributed by atoms with Crippen molar-refractivity contribution in [2.45, 2.75) is 84.9 Å². The maximum absolute atomic E-state index is 13.2. The van der Waals surface area contributed by atoms with E-state index in [1.54, 1.807) is 36.6 Å². The summed E-state index contributed by atoms with van der Waals surface area (Å²) in [5, 5.41) is 14.3. The van der Waals surface area contributed by atoms with Crippen LogP contribution in [0.2, 0.25) is 0 Å². The van der Waals surface area contributed by atoms with Gasteiger partial charge in [-0.1, -0.05) is 20.8 Å². The minimum absolute atomic E-state index is 0.0655. The molecule has 12 heteroatoms. The highest BCUT2D eigenvalue weighted by Gasteiger charge is 2.37. The lowest BCUT2D eigenvalue weighted by molar-refractivity contribution is -0.148. The first-order chi connectivity index (χ1) is 18.8. The highest BCUT2D eigenvalue weighted by atomic mass is 32.1. The van der Waals surface area contributed by atoms with Gasteiger partial charge in [0.15, 0.2) is 6.10 Å². The van der Waals surface area contributed by atoms with E-state index in [1.807, 2.05) is 20.8 Å². The third-order valence-corrected chi connectivity index (χ3v) is 7.93. The van der Waals surface area contributed by atoms with Crippen molar-refractivity contribution in [3.63, 3.8) is 0 Å². The largest absolute Gasteiger partial charge is 0.481 e. The van der Waals surface area contributed by atoms with Crippen LogP contribution in [0.25, 0.3) is 0 Å². The number of hydrogen-bond acceptors (Lipinski definition) is 9. The Morgan fingerprint density at radius 1 is 1.15 bits per heavy atom. The number of hydrogen-bond donors (Lipinski definition) is 2. The van der Waals surface area contributed by atoms with Crippen LogP contribution in [0.4, 0.5) is 0 Å². The first-order valence-corrected chi connectivity index (χ1v) is 14.4. The van der Waals surface area contributed by atoms with Gasteiger partial charge in [0.05, 0.1) is 5.92 Å². The normalized spacial score (nSPS) is 16.1. The van der Waals surface area contributed by atoms with Gasteiger partial charge in [0.2, 0.25) is 5.91 Å². The van der Waals surface area contributed by atoms with Crippen LogP contribution < -0.4 is 5.32 Å². The van der Waals surface area contributed by atoms with Crippen LogP contribution in [-0.4, -0.2) is 67.8 Å². The molecule has 0 saturated heterocycles. The van der Waals surface area contributed by atoms with Gasteiger partial charge >= 0.3 is 11.9 Å². The molecule has 218 valence electrons. The number of carboxylic acids is 1. The minimum atomic E-state index is -0.964. The van der Waals surface area contributed by atoms with Gasteiger partial charge in [-0.2, -0.15) is 0 Å². The second kappa shape index (κ2) is 13.8. The lowest BCUT2D eigenvalue weighted by atomic mass is 9.96. The van der Waals surface area contributed by atoms with Gasteiger partial charge < -0.3 is 20.1 Å². The van der Waals surface area contributed by atoms with E-state index < -0.39 is 35.9 Å². The maximum atomic E-state index is 13.2. The number of aryl methyl sites for hydroxylation is 1. The summed E-state index contributed by atoms with van der Waals surface area (Å²) < 4.78 is 5.62. The number of amides is 2. The van der Waals surface area contributed by atoms with Crippen molar-refractivity contribution in [3.8, 4) is 0 Å². The van der Waals surface area contributed by atoms with Crippen molar-refractivity contribution in [2.75, 3.05) is 7.05 Å². The molecule has 0 radical (unpaired) electrons. The molecule has 0 aliphatic heterocycles. The van der Waals surface area contributed by atoms with Crippen molar-refractivity contribution >= 4 is 35.1 Å². The number of carbonyl (C=O) groups excluding carboxylic acids is 3. The second-order valence-electron chi connectivity index (χ2n) is 11.0. The first-order valence-electron chi connectivity index (χ1n) is 13.6. The summed E-state index contributed by atoms with van der Waals surface area (Å²) in [6.07, 6.45) is 5.20. The number of rotatable bonds is 14. The van der Waals surface area contributed by atoms with Crippen molar-refractivity contribution < 1.29 is 29.0 Å². The monoisotopic (exact) mass is 573 g/mol. The Kier molecular flexibility index (Phi) is 10.7. The van der Waals surface area contributed by atoms with Gasteiger partial charge in [-0.05, 0) is 37.7 Å². The fourth-order valence-corrected chi connectivity index (χ4v) is 5.38. The minimum Gasteiger partial charge on any atom is -0.481 e. The Morgan fingerprint density at radius 2 is 1.80 bits per heavy atom. The smallest absolute Gasteiger partial charge is 0.306 e. The number of nitrogens with one attached hydrogen (secondary N) is 1. The van der Waals surface area contributed by atoms with E-state index >= 15 is 0 Å². The molecule has 2 heterocycles. The molecule has 2 N–H and O–H groups in total. The average molecular weight is 574 g/mol. The highest BCUT2D eigenvalue weighted by Crippen LogP contribution is 2.35. The molecule has 1 unspecified atom stereocenters. The van der Waals surface area contributed by atoms with Gasteiger partial charge in [0.25, 0.3) is 5.91 Å². The Balaban J connectivity index is 1.77. The zero-order valence-electron chi connectivity index (χ0n) is 23.9. The predicted molar refractivity (Wildman–Crippen MR) is 149 cm³/mol. The Bertz CT molecular complexity index is 1200. The third kappa shape index (κ3) is 8.80. The van der Waals surface area contributed by atoms with Crippen LogP contribution >= 0.6 is 11.3 Å². The highest BCUT2D eigenvalue weighted by molar-refractivity contribution is 7.09. The first kappa shape index (κ1) is 31.1. The summed E-state index contributed by atoms with van der Waals surface area (Å²) in [5.74, 6) is -1.85. The van der Waals surface area contributed by atoms with Crippen molar-refractivity contribution in [2.24, 2.45) is 17.8 Å². The van der Waals surface area contributed by atoms with Crippen LogP contribution in [0.15, 0.2) is 17.8 Å². The number of esters is 1. The molecule has 2 aromatic rings. The number of carbonyl (C=O) groups is 4. The lowest BCUT2D eigenvalue weighted by Gasteiger charge is -2.33. The molecule has 40 heavy (non-hydrogen) atoms. The molecule has 1 aliphatic rings. The molecule has 3 rings (SSSR count). The Morgan fingerprint density at radius 3 is 2.35 bits per heavy atom. The van der Waals surface area contributed by atoms with E-state index in [1.165, 1.54) is 18.3 Å².